The maximum absolute atomic E-state index is 11.3. The molecule has 0 saturated carbocycles. The fourth-order valence-corrected chi connectivity index (χ4v) is 2.66. The van der Waals surface area contributed by atoms with Crippen molar-refractivity contribution in [2.45, 2.75) is 12.8 Å². The number of carbonyl (C=O) groups excluding carboxylic acids is 1. The molecule has 104 valence electrons. The minimum atomic E-state index is 0.0370. The zero-order chi connectivity index (χ0) is 13.9. The molecule has 1 aliphatic heterocycles. The van der Waals surface area contributed by atoms with Crippen LogP contribution in [-0.4, -0.2) is 29.0 Å². The van der Waals surface area contributed by atoms with Gasteiger partial charge in [-0.15, -0.1) is 0 Å². The molecule has 0 atom stereocenters. The third-order valence-corrected chi connectivity index (χ3v) is 3.65. The molecule has 2 aromatic rings. The molecular formula is C13H14N4O2S. The van der Waals surface area contributed by atoms with Crippen LogP contribution in [0.4, 0.5) is 16.5 Å². The molecule has 1 aromatic heterocycles. The smallest absolute Gasteiger partial charge is 0.228 e. The van der Waals surface area contributed by atoms with Crippen molar-refractivity contribution < 1.29 is 9.53 Å². The number of carbonyl (C=O) groups is 1. The Morgan fingerprint density at radius 1 is 1.50 bits per heavy atom. The average Bonchev–Trinajstić information content (AvgIpc) is 3.01. The van der Waals surface area contributed by atoms with Crippen LogP contribution in [0.3, 0.4) is 0 Å². The Morgan fingerprint density at radius 3 is 3.25 bits per heavy atom. The van der Waals surface area contributed by atoms with E-state index in [0.29, 0.717) is 19.4 Å². The van der Waals surface area contributed by atoms with Crippen LogP contribution in [0.5, 0.6) is 0 Å². The van der Waals surface area contributed by atoms with Gasteiger partial charge >= 0.3 is 0 Å². The van der Waals surface area contributed by atoms with Crippen molar-refractivity contribution in [2.75, 3.05) is 24.4 Å². The molecule has 0 radical (unpaired) electrons. The van der Waals surface area contributed by atoms with E-state index in [1.165, 1.54) is 11.5 Å². The summed E-state index contributed by atoms with van der Waals surface area (Å²) >= 11 is 1.32. The van der Waals surface area contributed by atoms with E-state index in [4.69, 9.17) is 4.74 Å². The lowest BCUT2D eigenvalue weighted by atomic mass is 10.1. The van der Waals surface area contributed by atoms with E-state index in [-0.39, 0.29) is 5.91 Å². The Kier molecular flexibility index (Phi) is 3.62. The van der Waals surface area contributed by atoms with Crippen LogP contribution in [0.1, 0.15) is 11.4 Å². The van der Waals surface area contributed by atoms with Crippen molar-refractivity contribution in [3.63, 3.8) is 0 Å². The molecule has 0 fully saturated rings. The molecule has 6 nitrogen and oxygen atoms in total. The van der Waals surface area contributed by atoms with Gasteiger partial charge < -0.3 is 15.4 Å². The molecule has 7 heteroatoms. The lowest BCUT2D eigenvalue weighted by Crippen LogP contribution is -2.03. The summed E-state index contributed by atoms with van der Waals surface area (Å²) in [5.41, 5.74) is 2.80. The number of methoxy groups -OCH3 is 1. The highest BCUT2D eigenvalue weighted by atomic mass is 32.1. The van der Waals surface area contributed by atoms with Crippen molar-refractivity contribution in [2.24, 2.45) is 0 Å². The van der Waals surface area contributed by atoms with Gasteiger partial charge in [0.1, 0.15) is 5.82 Å². The topological polar surface area (TPSA) is 76.1 Å². The van der Waals surface area contributed by atoms with Crippen LogP contribution in [0.2, 0.25) is 0 Å². The van der Waals surface area contributed by atoms with Gasteiger partial charge in [-0.2, -0.15) is 4.37 Å². The predicted molar refractivity (Wildman–Crippen MR) is 77.5 cm³/mol. The lowest BCUT2D eigenvalue weighted by Gasteiger charge is -2.04. The third kappa shape index (κ3) is 2.78. The first-order valence-electron chi connectivity index (χ1n) is 6.26. The molecule has 20 heavy (non-hydrogen) atoms. The van der Waals surface area contributed by atoms with E-state index >= 15 is 0 Å². The van der Waals surface area contributed by atoms with Gasteiger partial charge in [-0.25, -0.2) is 4.98 Å². The van der Waals surface area contributed by atoms with E-state index in [1.807, 2.05) is 18.2 Å². The highest BCUT2D eigenvalue weighted by molar-refractivity contribution is 7.09. The minimum absolute atomic E-state index is 0.0370. The minimum Gasteiger partial charge on any atom is -0.384 e. The van der Waals surface area contributed by atoms with Crippen LogP contribution in [0.15, 0.2) is 18.2 Å². The number of hydrogen-bond acceptors (Lipinski definition) is 6. The van der Waals surface area contributed by atoms with Gasteiger partial charge in [0.25, 0.3) is 0 Å². The predicted octanol–water partition coefficient (Wildman–Crippen LogP) is 1.97. The maximum atomic E-state index is 11.3. The summed E-state index contributed by atoms with van der Waals surface area (Å²) in [5.74, 6) is 0.812. The first-order valence-corrected chi connectivity index (χ1v) is 7.03. The largest absolute Gasteiger partial charge is 0.384 e. The second kappa shape index (κ2) is 5.56. The molecule has 0 bridgehead atoms. The number of anilines is 3. The highest BCUT2D eigenvalue weighted by Gasteiger charge is 2.17. The van der Waals surface area contributed by atoms with Crippen molar-refractivity contribution in [1.82, 2.24) is 9.36 Å². The van der Waals surface area contributed by atoms with Crippen molar-refractivity contribution in [3.05, 3.63) is 29.6 Å². The second-order valence-corrected chi connectivity index (χ2v) is 5.23. The fraction of sp³-hybridized carbons (Fsp3) is 0.308. The highest BCUT2D eigenvalue weighted by Crippen LogP contribution is 2.28. The fourth-order valence-electron chi connectivity index (χ4n) is 2.03. The molecule has 0 unspecified atom stereocenters. The van der Waals surface area contributed by atoms with E-state index in [0.717, 1.165) is 27.9 Å². The van der Waals surface area contributed by atoms with Gasteiger partial charge in [0.15, 0.2) is 0 Å². The number of aromatic nitrogens is 2. The molecule has 0 spiro atoms. The molecule has 0 aliphatic carbocycles. The number of nitrogens with zero attached hydrogens (tertiary/aromatic N) is 2. The molecule has 1 aromatic carbocycles. The summed E-state index contributed by atoms with van der Waals surface area (Å²) in [6.45, 7) is 0.614. The molecule has 2 heterocycles. The summed E-state index contributed by atoms with van der Waals surface area (Å²) in [6, 6.07) is 5.78. The van der Waals surface area contributed by atoms with Gasteiger partial charge in [0, 0.05) is 36.4 Å². The summed E-state index contributed by atoms with van der Waals surface area (Å²) in [5, 5.41) is 6.76. The number of ether oxygens (including phenoxy) is 1. The Labute approximate surface area is 120 Å². The monoisotopic (exact) mass is 290 g/mol. The van der Waals surface area contributed by atoms with E-state index < -0.39 is 0 Å². The quantitative estimate of drug-likeness (QED) is 0.880. The normalized spacial score (nSPS) is 13.2. The Bertz CT molecular complexity index is 641. The summed E-state index contributed by atoms with van der Waals surface area (Å²) in [6.07, 6.45) is 1.14. The van der Waals surface area contributed by atoms with Gasteiger partial charge in [0.05, 0.1) is 13.0 Å². The summed E-state index contributed by atoms with van der Waals surface area (Å²) < 4.78 is 9.26. The number of amides is 1. The zero-order valence-electron chi connectivity index (χ0n) is 11.0. The molecule has 0 saturated heterocycles. The van der Waals surface area contributed by atoms with Gasteiger partial charge in [-0.1, -0.05) is 0 Å². The van der Waals surface area contributed by atoms with Crippen LogP contribution in [0.25, 0.3) is 0 Å². The van der Waals surface area contributed by atoms with Crippen LogP contribution < -0.4 is 10.6 Å². The Hall–Kier alpha value is -1.99. The van der Waals surface area contributed by atoms with Gasteiger partial charge in [-0.05, 0) is 23.8 Å². The lowest BCUT2D eigenvalue weighted by molar-refractivity contribution is -0.115. The van der Waals surface area contributed by atoms with Crippen LogP contribution in [0, 0.1) is 0 Å². The number of fused-ring (bicyclic) bond motifs is 1. The summed E-state index contributed by atoms with van der Waals surface area (Å²) in [7, 11) is 1.66. The maximum Gasteiger partial charge on any atom is 0.228 e. The molecule has 1 amide bonds. The Morgan fingerprint density at radius 2 is 2.40 bits per heavy atom. The number of benzene rings is 1. The van der Waals surface area contributed by atoms with Crippen molar-refractivity contribution >= 4 is 33.9 Å². The molecule has 2 N–H and O–H groups in total. The Balaban J connectivity index is 1.70. The number of nitrogens with one attached hydrogen (secondary N) is 2. The average molecular weight is 290 g/mol. The van der Waals surface area contributed by atoms with E-state index in [9.17, 15) is 4.79 Å². The molecule has 3 rings (SSSR count). The first-order chi connectivity index (χ1) is 9.74. The van der Waals surface area contributed by atoms with Crippen molar-refractivity contribution in [1.29, 1.82) is 0 Å². The van der Waals surface area contributed by atoms with E-state index in [1.54, 1.807) is 7.11 Å². The first kappa shape index (κ1) is 13.0. The van der Waals surface area contributed by atoms with Crippen LogP contribution >= 0.6 is 11.5 Å². The SMILES string of the molecule is COCCc1nsc(Nc2ccc3c(c2)CC(=O)N3)n1. The number of rotatable bonds is 5. The molecular weight excluding hydrogens is 276 g/mol. The van der Waals surface area contributed by atoms with Gasteiger partial charge in [0.2, 0.25) is 11.0 Å². The second-order valence-electron chi connectivity index (χ2n) is 4.48. The third-order valence-electron chi connectivity index (χ3n) is 2.98. The van der Waals surface area contributed by atoms with Crippen LogP contribution in [-0.2, 0) is 22.4 Å². The number of hydrogen-bond donors (Lipinski definition) is 2. The van der Waals surface area contributed by atoms with Gasteiger partial charge in [-0.3, -0.25) is 4.79 Å². The van der Waals surface area contributed by atoms with Crippen molar-refractivity contribution in [3.8, 4) is 0 Å². The zero-order valence-corrected chi connectivity index (χ0v) is 11.8. The summed E-state index contributed by atoms with van der Waals surface area (Å²) in [4.78, 5) is 15.7. The van der Waals surface area contributed by atoms with E-state index in [2.05, 4.69) is 20.0 Å². The molecule has 1 aliphatic rings. The standard InChI is InChI=1S/C13H14N4O2S/c1-19-5-4-11-16-13(20-17-11)14-9-2-3-10-8(6-9)7-12(18)15-10/h2-3,6H,4-5,7H2,1H3,(H,15,18)(H,14,16,17).